The summed E-state index contributed by atoms with van der Waals surface area (Å²) in [6.07, 6.45) is -0.685. The van der Waals surface area contributed by atoms with E-state index in [1.54, 1.807) is 45.0 Å². The van der Waals surface area contributed by atoms with Crippen molar-refractivity contribution < 1.29 is 39.0 Å². The molecule has 1 aromatic rings. The first-order valence-electron chi connectivity index (χ1n) is 11.3. The molecule has 3 atom stereocenters. The molecule has 0 fully saturated rings. The average Bonchev–Trinajstić information content (AvgIpc) is 2.79. The number of nitrogens with zero attached hydrogens (tertiary/aromatic N) is 1. The van der Waals surface area contributed by atoms with E-state index in [0.29, 0.717) is 0 Å². The number of amides is 4. The second-order valence-electron chi connectivity index (χ2n) is 8.60. The third kappa shape index (κ3) is 10.4. The second kappa shape index (κ2) is 14.5. The normalized spacial score (nSPS) is 13.3. The first-order chi connectivity index (χ1) is 16.5. The summed E-state index contributed by atoms with van der Waals surface area (Å²) in [5, 5.41) is 22.8. The monoisotopic (exact) mass is 491 g/mol. The fourth-order valence-corrected chi connectivity index (χ4v) is 3.37. The molecule has 192 valence electrons. The van der Waals surface area contributed by atoms with E-state index in [4.69, 9.17) is 10.2 Å². The zero-order chi connectivity index (χ0) is 26.5. The Morgan fingerprint density at radius 1 is 0.971 bits per heavy atom. The largest absolute Gasteiger partial charge is 0.481 e. The van der Waals surface area contributed by atoms with Crippen molar-refractivity contribution in [3.8, 4) is 0 Å². The van der Waals surface area contributed by atoms with Crippen LogP contribution in [-0.2, 0) is 24.0 Å². The van der Waals surface area contributed by atoms with Crippen LogP contribution in [0.25, 0.3) is 0 Å². The van der Waals surface area contributed by atoms with Crippen LogP contribution in [0.3, 0.4) is 0 Å². The topological polar surface area (TPSA) is 170 Å². The van der Waals surface area contributed by atoms with Crippen molar-refractivity contribution in [3.05, 3.63) is 35.9 Å². The van der Waals surface area contributed by atoms with Gasteiger partial charge in [-0.15, -0.1) is 0 Å². The van der Waals surface area contributed by atoms with Gasteiger partial charge in [-0.05, 0) is 31.2 Å². The molecule has 0 heterocycles. The van der Waals surface area contributed by atoms with Gasteiger partial charge in [0.05, 0.1) is 18.5 Å². The number of rotatable bonds is 14. The van der Waals surface area contributed by atoms with Crippen LogP contribution in [0.2, 0.25) is 0 Å². The molecule has 0 radical (unpaired) electrons. The lowest BCUT2D eigenvalue weighted by atomic mass is 9.94. The Morgan fingerprint density at radius 3 is 2.11 bits per heavy atom. The molecule has 0 saturated carbocycles. The SMILES string of the molecule is CC(C)CC(C(=O)NC(C=O)CC(=O)O)C(=O)N(CCCC(=O)O)C(=O)NC(C)c1ccccc1. The van der Waals surface area contributed by atoms with Crippen molar-refractivity contribution in [2.24, 2.45) is 11.8 Å². The highest BCUT2D eigenvalue weighted by Crippen LogP contribution is 2.18. The van der Waals surface area contributed by atoms with Gasteiger partial charge in [0, 0.05) is 13.0 Å². The summed E-state index contributed by atoms with van der Waals surface area (Å²) < 4.78 is 0. The molecule has 0 aliphatic carbocycles. The molecule has 0 spiro atoms. The number of aliphatic carboxylic acids is 2. The molecular weight excluding hydrogens is 458 g/mol. The fraction of sp³-hybridized carbons (Fsp3) is 0.500. The van der Waals surface area contributed by atoms with Crippen LogP contribution in [-0.4, -0.2) is 63.8 Å². The predicted molar refractivity (Wildman–Crippen MR) is 125 cm³/mol. The number of hydrogen-bond acceptors (Lipinski definition) is 6. The van der Waals surface area contributed by atoms with E-state index in [-0.39, 0.29) is 38.0 Å². The molecule has 0 saturated heterocycles. The van der Waals surface area contributed by atoms with Crippen molar-refractivity contribution in [2.75, 3.05) is 6.54 Å². The first-order valence-corrected chi connectivity index (χ1v) is 11.3. The standard InChI is InChI=1S/C24H33N3O8/c1-15(2)12-19(22(33)26-18(14-28)13-21(31)32)23(34)27(11-7-10-20(29)30)24(35)25-16(3)17-8-5-4-6-9-17/h4-6,8-9,14-16,18-19H,7,10-13H2,1-3H3,(H,25,35)(H,26,33)(H,29,30)(H,31,32). The van der Waals surface area contributed by atoms with Crippen molar-refractivity contribution in [2.45, 2.75) is 58.5 Å². The molecule has 4 N–H and O–H groups in total. The summed E-state index contributed by atoms with van der Waals surface area (Å²) in [5.41, 5.74) is 0.776. The maximum absolute atomic E-state index is 13.4. The molecule has 0 aromatic heterocycles. The summed E-state index contributed by atoms with van der Waals surface area (Å²) in [7, 11) is 0. The average molecular weight is 492 g/mol. The van der Waals surface area contributed by atoms with Gasteiger partial charge in [0.2, 0.25) is 11.8 Å². The Kier molecular flexibility index (Phi) is 12.1. The van der Waals surface area contributed by atoms with Gasteiger partial charge in [-0.3, -0.25) is 24.1 Å². The van der Waals surface area contributed by atoms with Crippen molar-refractivity contribution >= 4 is 36.1 Å². The van der Waals surface area contributed by atoms with Crippen LogP contribution < -0.4 is 10.6 Å². The highest BCUT2D eigenvalue weighted by molar-refractivity contribution is 6.06. The van der Waals surface area contributed by atoms with E-state index in [1.807, 2.05) is 6.07 Å². The van der Waals surface area contributed by atoms with Gasteiger partial charge >= 0.3 is 18.0 Å². The molecule has 35 heavy (non-hydrogen) atoms. The Morgan fingerprint density at radius 2 is 1.60 bits per heavy atom. The Bertz CT molecular complexity index is 903. The van der Waals surface area contributed by atoms with E-state index in [0.717, 1.165) is 10.5 Å². The summed E-state index contributed by atoms with van der Waals surface area (Å²) in [6, 6.07) is 6.36. The third-order valence-electron chi connectivity index (χ3n) is 5.13. The summed E-state index contributed by atoms with van der Waals surface area (Å²) in [4.78, 5) is 73.3. The van der Waals surface area contributed by atoms with Crippen LogP contribution in [0.4, 0.5) is 4.79 Å². The first kappa shape index (κ1) is 29.3. The minimum Gasteiger partial charge on any atom is -0.481 e. The fourth-order valence-electron chi connectivity index (χ4n) is 3.37. The minimum atomic E-state index is -1.38. The van der Waals surface area contributed by atoms with Gasteiger partial charge in [-0.2, -0.15) is 0 Å². The van der Waals surface area contributed by atoms with Crippen LogP contribution >= 0.6 is 0 Å². The zero-order valence-electron chi connectivity index (χ0n) is 20.1. The highest BCUT2D eigenvalue weighted by Gasteiger charge is 2.35. The number of carbonyl (C=O) groups is 6. The molecule has 0 aliphatic rings. The van der Waals surface area contributed by atoms with Gasteiger partial charge < -0.3 is 25.6 Å². The lowest BCUT2D eigenvalue weighted by Crippen LogP contribution is -2.52. The van der Waals surface area contributed by atoms with Gasteiger partial charge in [0.25, 0.3) is 0 Å². The number of imide groups is 1. The lowest BCUT2D eigenvalue weighted by molar-refractivity contribution is -0.143. The molecule has 0 bridgehead atoms. The summed E-state index contributed by atoms with van der Waals surface area (Å²) in [5.74, 6) is -5.69. The molecular formula is C24H33N3O8. The number of aldehydes is 1. The summed E-state index contributed by atoms with van der Waals surface area (Å²) in [6.45, 7) is 4.99. The van der Waals surface area contributed by atoms with Gasteiger partial charge in [0.1, 0.15) is 12.2 Å². The quantitative estimate of drug-likeness (QED) is 0.226. The van der Waals surface area contributed by atoms with Crippen molar-refractivity contribution in [1.29, 1.82) is 0 Å². The second-order valence-corrected chi connectivity index (χ2v) is 8.60. The Balaban J connectivity index is 3.16. The lowest BCUT2D eigenvalue weighted by Gasteiger charge is -2.28. The number of nitrogens with one attached hydrogen (secondary N) is 2. The smallest absolute Gasteiger partial charge is 0.324 e. The van der Waals surface area contributed by atoms with Gasteiger partial charge in [0.15, 0.2) is 0 Å². The van der Waals surface area contributed by atoms with E-state index >= 15 is 0 Å². The molecule has 1 rings (SSSR count). The summed E-state index contributed by atoms with van der Waals surface area (Å²) >= 11 is 0. The number of benzene rings is 1. The Labute approximate surface area is 203 Å². The molecule has 1 aromatic carbocycles. The number of carboxylic acid groups (broad SMARTS) is 2. The maximum Gasteiger partial charge on any atom is 0.324 e. The van der Waals surface area contributed by atoms with Crippen LogP contribution in [0, 0.1) is 11.8 Å². The maximum atomic E-state index is 13.4. The number of carbonyl (C=O) groups excluding carboxylic acids is 4. The number of carboxylic acids is 2. The molecule has 3 unspecified atom stereocenters. The highest BCUT2D eigenvalue weighted by atomic mass is 16.4. The van der Waals surface area contributed by atoms with Crippen LogP contribution in [0.5, 0.6) is 0 Å². The van der Waals surface area contributed by atoms with E-state index in [9.17, 15) is 28.8 Å². The third-order valence-corrected chi connectivity index (χ3v) is 5.13. The van der Waals surface area contributed by atoms with Crippen molar-refractivity contribution in [1.82, 2.24) is 15.5 Å². The zero-order valence-corrected chi connectivity index (χ0v) is 20.1. The van der Waals surface area contributed by atoms with Crippen LogP contribution in [0.1, 0.15) is 58.1 Å². The van der Waals surface area contributed by atoms with Gasteiger partial charge in [-0.1, -0.05) is 44.2 Å². The molecule has 0 aliphatic heterocycles. The van der Waals surface area contributed by atoms with Crippen molar-refractivity contribution in [3.63, 3.8) is 0 Å². The molecule has 4 amide bonds. The number of hydrogen-bond donors (Lipinski definition) is 4. The minimum absolute atomic E-state index is 0.0276. The number of urea groups is 1. The molecule has 11 nitrogen and oxygen atoms in total. The van der Waals surface area contributed by atoms with Gasteiger partial charge in [-0.25, -0.2) is 4.79 Å². The van der Waals surface area contributed by atoms with E-state index in [2.05, 4.69) is 10.6 Å². The van der Waals surface area contributed by atoms with Crippen LogP contribution in [0.15, 0.2) is 30.3 Å². The Hall–Kier alpha value is -3.76. The van der Waals surface area contributed by atoms with E-state index < -0.39 is 54.2 Å². The molecule has 11 heteroatoms. The predicted octanol–water partition coefficient (Wildman–Crippen LogP) is 1.97. The van der Waals surface area contributed by atoms with E-state index in [1.165, 1.54) is 0 Å².